The topological polar surface area (TPSA) is 26.3 Å². The van der Waals surface area contributed by atoms with E-state index >= 15 is 0 Å². The lowest BCUT2D eigenvalue weighted by atomic mass is 10.1. The molecule has 102 valence electrons. The molecule has 1 heterocycles. The Balaban J connectivity index is 2.14. The van der Waals surface area contributed by atoms with E-state index in [0.717, 1.165) is 17.0 Å². The molecular formula is C15H24O2S. The summed E-state index contributed by atoms with van der Waals surface area (Å²) in [5, 5.41) is 1.91. The van der Waals surface area contributed by atoms with Gasteiger partial charge in [0.1, 0.15) is 10.6 Å². The minimum atomic E-state index is 0.232. The molecule has 0 unspecified atom stereocenters. The quantitative estimate of drug-likeness (QED) is 0.437. The number of rotatable bonds is 10. The summed E-state index contributed by atoms with van der Waals surface area (Å²) in [5.41, 5.74) is 0. The maximum absolute atomic E-state index is 12.0. The van der Waals surface area contributed by atoms with Gasteiger partial charge in [0.25, 0.3) is 0 Å². The van der Waals surface area contributed by atoms with E-state index < -0.39 is 0 Å². The SMILES string of the molecule is CCCCCCCCCC(=O)c1sccc1OC. The number of hydrogen-bond acceptors (Lipinski definition) is 3. The van der Waals surface area contributed by atoms with Crippen LogP contribution in [0.1, 0.15) is 68.0 Å². The zero-order chi connectivity index (χ0) is 13.2. The Hall–Kier alpha value is -0.830. The number of carbonyl (C=O) groups excluding carboxylic acids is 1. The molecule has 3 heteroatoms. The van der Waals surface area contributed by atoms with Crippen molar-refractivity contribution < 1.29 is 9.53 Å². The zero-order valence-electron chi connectivity index (χ0n) is 11.5. The van der Waals surface area contributed by atoms with Crippen LogP contribution in [0.3, 0.4) is 0 Å². The zero-order valence-corrected chi connectivity index (χ0v) is 12.4. The Labute approximate surface area is 114 Å². The van der Waals surface area contributed by atoms with Gasteiger partial charge in [-0.15, -0.1) is 11.3 Å². The molecule has 0 N–H and O–H groups in total. The summed E-state index contributed by atoms with van der Waals surface area (Å²) in [6.07, 6.45) is 9.37. The van der Waals surface area contributed by atoms with Gasteiger partial charge < -0.3 is 4.74 Å². The van der Waals surface area contributed by atoms with Gasteiger partial charge in [0, 0.05) is 6.42 Å². The van der Waals surface area contributed by atoms with E-state index in [4.69, 9.17) is 4.74 Å². The molecular weight excluding hydrogens is 244 g/mol. The Morgan fingerprint density at radius 1 is 1.17 bits per heavy atom. The van der Waals surface area contributed by atoms with Gasteiger partial charge in [0.05, 0.1) is 7.11 Å². The van der Waals surface area contributed by atoms with Crippen LogP contribution in [0.5, 0.6) is 5.75 Å². The summed E-state index contributed by atoms with van der Waals surface area (Å²) in [7, 11) is 1.62. The minimum absolute atomic E-state index is 0.232. The van der Waals surface area contributed by atoms with Crippen molar-refractivity contribution in [2.24, 2.45) is 0 Å². The first-order valence-corrected chi connectivity index (χ1v) is 7.82. The highest BCUT2D eigenvalue weighted by molar-refractivity contribution is 7.12. The molecule has 1 rings (SSSR count). The second kappa shape index (κ2) is 9.15. The monoisotopic (exact) mass is 268 g/mol. The van der Waals surface area contributed by atoms with E-state index in [-0.39, 0.29) is 5.78 Å². The molecule has 0 atom stereocenters. The standard InChI is InChI=1S/C15H24O2S/c1-3-4-5-6-7-8-9-10-13(16)15-14(17-2)11-12-18-15/h11-12H,3-10H2,1-2H3. The molecule has 0 aliphatic carbocycles. The Kier molecular flexibility index (Phi) is 7.74. The Morgan fingerprint density at radius 3 is 2.50 bits per heavy atom. The van der Waals surface area contributed by atoms with Crippen molar-refractivity contribution in [3.63, 3.8) is 0 Å². The molecule has 1 aromatic rings. The van der Waals surface area contributed by atoms with Gasteiger partial charge >= 0.3 is 0 Å². The molecule has 0 saturated heterocycles. The Morgan fingerprint density at radius 2 is 1.83 bits per heavy atom. The summed E-state index contributed by atoms with van der Waals surface area (Å²) in [6, 6.07) is 1.86. The maximum atomic E-state index is 12.0. The molecule has 0 amide bonds. The second-order valence-electron chi connectivity index (χ2n) is 4.61. The van der Waals surface area contributed by atoms with Crippen molar-refractivity contribution in [1.82, 2.24) is 0 Å². The van der Waals surface area contributed by atoms with Crippen LogP contribution in [0.15, 0.2) is 11.4 Å². The van der Waals surface area contributed by atoms with Gasteiger partial charge in [-0.25, -0.2) is 0 Å². The molecule has 0 fully saturated rings. The summed E-state index contributed by atoms with van der Waals surface area (Å²) < 4.78 is 5.17. The van der Waals surface area contributed by atoms with Crippen molar-refractivity contribution in [2.45, 2.75) is 58.3 Å². The van der Waals surface area contributed by atoms with Gasteiger partial charge in [-0.1, -0.05) is 45.4 Å². The fraction of sp³-hybridized carbons (Fsp3) is 0.667. The van der Waals surface area contributed by atoms with E-state index in [2.05, 4.69) is 6.92 Å². The van der Waals surface area contributed by atoms with Crippen LogP contribution in [-0.4, -0.2) is 12.9 Å². The number of thiophene rings is 1. The fourth-order valence-corrected chi connectivity index (χ4v) is 2.85. The predicted octanol–water partition coefficient (Wildman–Crippen LogP) is 5.08. The first-order valence-electron chi connectivity index (χ1n) is 6.94. The maximum Gasteiger partial charge on any atom is 0.176 e. The van der Waals surface area contributed by atoms with Gasteiger partial charge in [-0.3, -0.25) is 4.79 Å². The molecule has 2 nitrogen and oxygen atoms in total. The first-order chi connectivity index (χ1) is 8.79. The molecule has 0 aliphatic heterocycles. The molecule has 0 aromatic carbocycles. The van der Waals surface area contributed by atoms with Crippen LogP contribution in [0.2, 0.25) is 0 Å². The number of carbonyl (C=O) groups is 1. The molecule has 1 aromatic heterocycles. The van der Waals surface area contributed by atoms with Gasteiger partial charge in [-0.2, -0.15) is 0 Å². The lowest BCUT2D eigenvalue weighted by Gasteiger charge is -2.02. The van der Waals surface area contributed by atoms with Crippen molar-refractivity contribution >= 4 is 17.1 Å². The third-order valence-electron chi connectivity index (χ3n) is 3.11. The van der Waals surface area contributed by atoms with Crippen LogP contribution >= 0.6 is 11.3 Å². The normalized spacial score (nSPS) is 10.6. The van der Waals surface area contributed by atoms with Gasteiger partial charge in [0.2, 0.25) is 0 Å². The Bertz CT molecular complexity index is 344. The largest absolute Gasteiger partial charge is 0.495 e. The van der Waals surface area contributed by atoms with Crippen molar-refractivity contribution in [2.75, 3.05) is 7.11 Å². The number of ether oxygens (including phenoxy) is 1. The van der Waals surface area contributed by atoms with E-state index in [0.29, 0.717) is 6.42 Å². The van der Waals surface area contributed by atoms with Crippen LogP contribution < -0.4 is 4.74 Å². The molecule has 0 bridgehead atoms. The summed E-state index contributed by atoms with van der Waals surface area (Å²) >= 11 is 1.48. The average Bonchev–Trinajstić information content (AvgIpc) is 2.85. The summed E-state index contributed by atoms with van der Waals surface area (Å²) in [6.45, 7) is 2.23. The highest BCUT2D eigenvalue weighted by Crippen LogP contribution is 2.26. The number of Topliss-reactive ketones (excluding diaryl/α,β-unsaturated/α-hetero) is 1. The fourth-order valence-electron chi connectivity index (χ4n) is 2.02. The molecule has 0 aliphatic rings. The predicted molar refractivity (Wildman–Crippen MR) is 77.8 cm³/mol. The minimum Gasteiger partial charge on any atom is -0.495 e. The second-order valence-corrected chi connectivity index (χ2v) is 5.53. The van der Waals surface area contributed by atoms with Crippen LogP contribution in [0, 0.1) is 0 Å². The smallest absolute Gasteiger partial charge is 0.176 e. The average molecular weight is 268 g/mol. The van der Waals surface area contributed by atoms with E-state index in [9.17, 15) is 4.79 Å². The first kappa shape index (κ1) is 15.2. The lowest BCUT2D eigenvalue weighted by molar-refractivity contribution is 0.0980. The lowest BCUT2D eigenvalue weighted by Crippen LogP contribution is -1.98. The third kappa shape index (κ3) is 5.21. The third-order valence-corrected chi connectivity index (χ3v) is 4.05. The van der Waals surface area contributed by atoms with Crippen molar-refractivity contribution in [1.29, 1.82) is 0 Å². The van der Waals surface area contributed by atoms with Crippen LogP contribution in [0.4, 0.5) is 0 Å². The molecule has 18 heavy (non-hydrogen) atoms. The molecule has 0 spiro atoms. The number of hydrogen-bond donors (Lipinski definition) is 0. The summed E-state index contributed by atoms with van der Waals surface area (Å²) in [4.78, 5) is 12.7. The number of ketones is 1. The molecule has 0 saturated carbocycles. The van der Waals surface area contributed by atoms with Gasteiger partial charge in [0.15, 0.2) is 5.78 Å². The van der Waals surface area contributed by atoms with E-state index in [1.54, 1.807) is 7.11 Å². The number of unbranched alkanes of at least 4 members (excludes halogenated alkanes) is 6. The highest BCUT2D eigenvalue weighted by atomic mass is 32.1. The molecule has 0 radical (unpaired) electrons. The van der Waals surface area contributed by atoms with Gasteiger partial charge in [-0.05, 0) is 17.9 Å². The van der Waals surface area contributed by atoms with Crippen molar-refractivity contribution in [3.05, 3.63) is 16.3 Å². The van der Waals surface area contributed by atoms with Crippen molar-refractivity contribution in [3.8, 4) is 5.75 Å². The van der Waals surface area contributed by atoms with Crippen LogP contribution in [0.25, 0.3) is 0 Å². The number of methoxy groups -OCH3 is 1. The van der Waals surface area contributed by atoms with Crippen LogP contribution in [-0.2, 0) is 0 Å². The summed E-state index contributed by atoms with van der Waals surface area (Å²) in [5.74, 6) is 0.961. The van der Waals surface area contributed by atoms with E-state index in [1.807, 2.05) is 11.4 Å². The highest BCUT2D eigenvalue weighted by Gasteiger charge is 2.12. The van der Waals surface area contributed by atoms with E-state index in [1.165, 1.54) is 49.9 Å².